The number of H-pyrrole nitrogens is 2. The van der Waals surface area contributed by atoms with Gasteiger partial charge in [-0.3, -0.25) is 19.5 Å². The first kappa shape index (κ1) is 40.3. The number of anilines is 1. The van der Waals surface area contributed by atoms with Crippen LogP contribution in [0.4, 0.5) is 27.6 Å². The number of aromatic nitrogens is 4. The topological polar surface area (TPSA) is 197 Å². The normalized spacial score (nSPS) is 20.1. The van der Waals surface area contributed by atoms with Crippen molar-refractivity contribution >= 4 is 29.4 Å². The average Bonchev–Trinajstić information content (AvgIpc) is 3.81. The minimum absolute atomic E-state index is 0.0257. The monoisotopic (exact) mass is 814 g/mol. The molecule has 308 valence electrons. The maximum atomic E-state index is 15.3. The van der Waals surface area contributed by atoms with E-state index in [4.69, 9.17) is 0 Å². The molecule has 2 aromatic carbocycles. The van der Waals surface area contributed by atoms with Crippen molar-refractivity contribution in [1.29, 1.82) is 0 Å². The lowest BCUT2D eigenvalue weighted by Gasteiger charge is -2.46. The fourth-order valence-corrected chi connectivity index (χ4v) is 8.04. The Morgan fingerprint density at radius 1 is 0.948 bits per heavy atom. The van der Waals surface area contributed by atoms with Crippen LogP contribution >= 0.6 is 0 Å². The Morgan fingerprint density at radius 3 is 2.28 bits per heavy atom. The van der Waals surface area contributed by atoms with Crippen molar-refractivity contribution in [2.75, 3.05) is 70.8 Å². The van der Waals surface area contributed by atoms with E-state index < -0.39 is 59.0 Å². The number of hydrogen-bond donors (Lipinski definition) is 6. The number of phenolic OH excluding ortho intramolecular Hbond substituents is 1. The summed E-state index contributed by atoms with van der Waals surface area (Å²) >= 11 is 0. The van der Waals surface area contributed by atoms with Crippen LogP contribution in [0.15, 0.2) is 42.6 Å². The third-order valence-corrected chi connectivity index (χ3v) is 11.1. The van der Waals surface area contributed by atoms with Crippen molar-refractivity contribution in [2.24, 2.45) is 11.8 Å². The molecular weight excluding hydrogens is 773 g/mol. The van der Waals surface area contributed by atoms with Gasteiger partial charge in [-0.15, -0.1) is 0 Å². The predicted octanol–water partition coefficient (Wildman–Crippen LogP) is 3.46. The van der Waals surface area contributed by atoms with E-state index in [1.54, 1.807) is 4.90 Å². The largest absolute Gasteiger partial charge is 0.508 e. The van der Waals surface area contributed by atoms with Gasteiger partial charge in [0.25, 0.3) is 11.8 Å². The van der Waals surface area contributed by atoms with Crippen LogP contribution in [0.1, 0.15) is 50.8 Å². The molecule has 3 aliphatic heterocycles. The molecule has 3 aliphatic rings. The van der Waals surface area contributed by atoms with E-state index in [0.29, 0.717) is 36.3 Å². The van der Waals surface area contributed by atoms with Crippen molar-refractivity contribution in [3.8, 4) is 17.0 Å². The number of likely N-dealkylation sites (tertiary alicyclic amines) is 1. The van der Waals surface area contributed by atoms with Gasteiger partial charge in [-0.2, -0.15) is 18.3 Å². The number of carboxylic acids is 1. The molecule has 0 aliphatic carbocycles. The highest BCUT2D eigenvalue weighted by molar-refractivity contribution is 6.02. The van der Waals surface area contributed by atoms with Gasteiger partial charge in [0, 0.05) is 105 Å². The molecule has 15 nitrogen and oxygen atoms in total. The number of piperazine rings is 1. The van der Waals surface area contributed by atoms with Crippen LogP contribution in [0.3, 0.4) is 0 Å². The second-order valence-electron chi connectivity index (χ2n) is 15.1. The van der Waals surface area contributed by atoms with Crippen molar-refractivity contribution in [3.63, 3.8) is 0 Å². The second-order valence-corrected chi connectivity index (χ2v) is 15.1. The third kappa shape index (κ3) is 8.66. The smallest absolute Gasteiger partial charge is 0.433 e. The number of nitrogens with one attached hydrogen (secondary N) is 4. The number of aromatic amines is 2. The number of amides is 3. The standard InChI is InChI=1S/C38H40F5N9O6/c39-29-14-23(47-35(56)34-45-18-24(46-34)13-28-32(48-49-33(28)38(41,42)43)26-4-2-25(53)15-30(26)40)1-3-27(29)37(58)51-9-7-50(8-10-51)36(57)22-5-11-52(12-6-22,20-31(54)55)19-21-16-44-17-21/h1-4,14-15,18,21-22,44H,5-13,16-17,19-20H2,(H4-,45,46,47,48,49,53,54,55,56,58)/p+1. The number of imidazole rings is 1. The first-order chi connectivity index (χ1) is 27.6. The van der Waals surface area contributed by atoms with Crippen LogP contribution < -0.4 is 10.6 Å². The number of alkyl halides is 3. The summed E-state index contributed by atoms with van der Waals surface area (Å²) in [5.74, 6) is -4.81. The molecule has 5 heterocycles. The predicted molar refractivity (Wildman–Crippen MR) is 195 cm³/mol. The molecule has 0 atom stereocenters. The van der Waals surface area contributed by atoms with E-state index in [1.165, 1.54) is 17.0 Å². The molecule has 6 N–H and O–H groups in total. The number of benzene rings is 2. The molecule has 3 amide bonds. The Kier molecular flexibility index (Phi) is 11.2. The molecule has 3 saturated heterocycles. The molecule has 58 heavy (non-hydrogen) atoms. The zero-order valence-corrected chi connectivity index (χ0v) is 31.0. The van der Waals surface area contributed by atoms with Gasteiger partial charge >= 0.3 is 12.1 Å². The number of hydrogen-bond acceptors (Lipinski definition) is 8. The number of phenols is 1. The average molecular weight is 815 g/mol. The summed E-state index contributed by atoms with van der Waals surface area (Å²) in [4.78, 5) is 61.1. The summed E-state index contributed by atoms with van der Waals surface area (Å²) in [5, 5.41) is 30.3. The molecule has 0 unspecified atom stereocenters. The highest BCUT2D eigenvalue weighted by Crippen LogP contribution is 2.37. The van der Waals surface area contributed by atoms with E-state index in [9.17, 15) is 47.0 Å². The van der Waals surface area contributed by atoms with Crippen molar-refractivity contribution in [1.82, 2.24) is 35.3 Å². The first-order valence-electron chi connectivity index (χ1n) is 18.7. The van der Waals surface area contributed by atoms with E-state index in [1.807, 2.05) is 5.10 Å². The summed E-state index contributed by atoms with van der Waals surface area (Å²) in [6.45, 7) is 4.66. The summed E-state index contributed by atoms with van der Waals surface area (Å²) in [6, 6.07) is 6.39. The summed E-state index contributed by atoms with van der Waals surface area (Å²) < 4.78 is 71.9. The number of piperidine rings is 1. The molecule has 2 aromatic heterocycles. The number of carbonyl (C=O) groups excluding carboxylic acids is 3. The van der Waals surface area contributed by atoms with E-state index >= 15 is 4.39 Å². The number of aliphatic carboxylic acids is 1. The molecule has 3 fully saturated rings. The lowest BCUT2D eigenvalue weighted by Crippen LogP contribution is -2.62. The summed E-state index contributed by atoms with van der Waals surface area (Å²) in [5.41, 5.74) is -2.58. The third-order valence-electron chi connectivity index (χ3n) is 11.1. The van der Waals surface area contributed by atoms with Crippen LogP contribution in [0.25, 0.3) is 11.3 Å². The zero-order valence-electron chi connectivity index (χ0n) is 31.0. The van der Waals surface area contributed by atoms with E-state index in [2.05, 4.69) is 25.7 Å². The fraction of sp³-hybridized carbons (Fsp3) is 0.421. The zero-order chi connectivity index (χ0) is 41.4. The maximum absolute atomic E-state index is 15.3. The number of quaternary nitrogens is 1. The molecule has 0 saturated carbocycles. The Hall–Kier alpha value is -5.89. The molecule has 0 spiro atoms. The lowest BCUT2D eigenvalue weighted by atomic mass is 9.90. The Labute approximate surface area is 327 Å². The van der Waals surface area contributed by atoms with Crippen LogP contribution in [-0.4, -0.2) is 134 Å². The van der Waals surface area contributed by atoms with Crippen LogP contribution in [-0.2, 0) is 22.2 Å². The molecule has 4 aromatic rings. The van der Waals surface area contributed by atoms with Gasteiger partial charge in [-0.05, 0) is 30.3 Å². The van der Waals surface area contributed by atoms with Gasteiger partial charge in [-0.25, -0.2) is 18.6 Å². The summed E-state index contributed by atoms with van der Waals surface area (Å²) in [6.07, 6.45) is -3.10. The summed E-state index contributed by atoms with van der Waals surface area (Å²) in [7, 11) is 0. The molecule has 7 rings (SSSR count). The number of carboxylic acid groups (broad SMARTS) is 1. The Morgan fingerprint density at radius 2 is 1.66 bits per heavy atom. The Bertz CT molecular complexity index is 2210. The van der Waals surface area contributed by atoms with E-state index in [0.717, 1.165) is 50.1 Å². The van der Waals surface area contributed by atoms with Gasteiger partial charge in [0.05, 0.1) is 30.9 Å². The van der Waals surface area contributed by atoms with Crippen LogP contribution in [0.5, 0.6) is 5.75 Å². The first-order valence-corrected chi connectivity index (χ1v) is 18.7. The molecule has 20 heteroatoms. The fourth-order valence-electron chi connectivity index (χ4n) is 8.04. The Balaban J connectivity index is 0.933. The quantitative estimate of drug-likeness (QED) is 0.0971. The van der Waals surface area contributed by atoms with Crippen molar-refractivity contribution < 1.29 is 55.8 Å². The number of halogens is 5. The minimum atomic E-state index is -4.89. The number of nitrogens with zero attached hydrogens (tertiary/aromatic N) is 5. The number of carbonyl (C=O) groups is 4. The number of rotatable bonds is 11. The molecule has 0 radical (unpaired) electrons. The second kappa shape index (κ2) is 16.2. The number of aromatic hydroxyl groups is 1. The van der Waals surface area contributed by atoms with Gasteiger partial charge in [0.2, 0.25) is 5.91 Å². The maximum Gasteiger partial charge on any atom is 0.433 e. The SMILES string of the molecule is O=C(O)C[N+]1(CC2CNC2)CCC(C(=O)N2CCN(C(=O)c3ccc(NC(=O)c4ncc(Cc5c(-c6ccc(O)cc6F)n[nH]c5C(F)(F)F)[nH]4)cc3F)CC2)CC1. The van der Waals surface area contributed by atoms with Crippen molar-refractivity contribution in [2.45, 2.75) is 25.4 Å². The highest BCUT2D eigenvalue weighted by atomic mass is 19.4. The van der Waals surface area contributed by atoms with Gasteiger partial charge in [-0.1, -0.05) is 0 Å². The highest BCUT2D eigenvalue weighted by Gasteiger charge is 2.42. The van der Waals surface area contributed by atoms with Crippen LogP contribution in [0.2, 0.25) is 0 Å². The minimum Gasteiger partial charge on any atom is -0.508 e. The lowest BCUT2D eigenvalue weighted by molar-refractivity contribution is -0.929. The van der Waals surface area contributed by atoms with Gasteiger partial charge < -0.3 is 40.1 Å². The van der Waals surface area contributed by atoms with Gasteiger partial charge in [0.1, 0.15) is 23.1 Å². The van der Waals surface area contributed by atoms with Gasteiger partial charge in [0.15, 0.2) is 12.4 Å². The van der Waals surface area contributed by atoms with E-state index in [-0.39, 0.29) is 78.6 Å². The van der Waals surface area contributed by atoms with Crippen molar-refractivity contribution in [3.05, 3.63) is 82.6 Å². The molecular formula is C38H41F5N9O6+. The van der Waals surface area contributed by atoms with Crippen LogP contribution in [0, 0.1) is 23.5 Å². The molecule has 0 bridgehead atoms.